The van der Waals surface area contributed by atoms with E-state index in [1.807, 2.05) is 12.1 Å². The van der Waals surface area contributed by atoms with Crippen molar-refractivity contribution >= 4 is 11.0 Å². The van der Waals surface area contributed by atoms with E-state index < -0.39 is 0 Å². The van der Waals surface area contributed by atoms with Crippen LogP contribution in [0, 0.1) is 0 Å². The lowest BCUT2D eigenvalue weighted by molar-refractivity contribution is 0.355. The van der Waals surface area contributed by atoms with E-state index in [1.165, 1.54) is 0 Å². The van der Waals surface area contributed by atoms with Gasteiger partial charge in [-0.2, -0.15) is 0 Å². The minimum Gasteiger partial charge on any atom is -0.493 e. The van der Waals surface area contributed by atoms with Gasteiger partial charge in [-0.25, -0.2) is 4.98 Å². The molecule has 2 N–H and O–H groups in total. The fraction of sp³-hybridized carbons (Fsp3) is 0.533. The molecule has 0 unspecified atom stereocenters. The number of nitrogens with two attached hydrogens (primary N) is 1. The molecule has 0 bridgehead atoms. The number of nitrogens with zero attached hydrogens (tertiary/aromatic N) is 2. The summed E-state index contributed by atoms with van der Waals surface area (Å²) >= 11 is 0. The van der Waals surface area contributed by atoms with Gasteiger partial charge in [-0.05, 0) is 13.0 Å². The van der Waals surface area contributed by atoms with Gasteiger partial charge >= 0.3 is 0 Å². The number of benzene rings is 1. The second-order valence-electron chi connectivity index (χ2n) is 5.11. The molecule has 1 aromatic heterocycles. The number of aryl methyl sites for hydroxylation is 1. The van der Waals surface area contributed by atoms with Gasteiger partial charge in [0.15, 0.2) is 11.5 Å². The summed E-state index contributed by atoms with van der Waals surface area (Å²) in [6.07, 6.45) is 0.930. The molecule has 1 aromatic carbocycles. The Morgan fingerprint density at radius 3 is 2.40 bits per heavy atom. The van der Waals surface area contributed by atoms with Crippen LogP contribution in [-0.4, -0.2) is 30.3 Å². The molecule has 0 aliphatic rings. The zero-order valence-corrected chi connectivity index (χ0v) is 12.6. The summed E-state index contributed by atoms with van der Waals surface area (Å²) < 4.78 is 13.0. The molecule has 5 nitrogen and oxygen atoms in total. The van der Waals surface area contributed by atoms with Crippen molar-refractivity contribution in [1.82, 2.24) is 9.55 Å². The van der Waals surface area contributed by atoms with Crippen molar-refractivity contribution in [3.05, 3.63) is 18.0 Å². The van der Waals surface area contributed by atoms with E-state index in [0.29, 0.717) is 18.2 Å². The number of fused-ring (bicyclic) bond motifs is 1. The molecule has 0 saturated carbocycles. The summed E-state index contributed by atoms with van der Waals surface area (Å²) in [4.78, 5) is 4.74. The smallest absolute Gasteiger partial charge is 0.163 e. The highest BCUT2D eigenvalue weighted by molar-refractivity contribution is 5.80. The van der Waals surface area contributed by atoms with E-state index in [1.54, 1.807) is 14.2 Å². The maximum Gasteiger partial charge on any atom is 0.163 e. The molecular formula is C15H23N3O2. The van der Waals surface area contributed by atoms with E-state index in [9.17, 15) is 0 Å². The monoisotopic (exact) mass is 277 g/mol. The first-order chi connectivity index (χ1) is 9.62. The van der Waals surface area contributed by atoms with Crippen molar-refractivity contribution in [2.24, 2.45) is 5.73 Å². The summed E-state index contributed by atoms with van der Waals surface area (Å²) in [6.45, 7) is 5.84. The molecule has 0 fully saturated rings. The summed E-state index contributed by atoms with van der Waals surface area (Å²) in [6, 6.07) is 3.92. The molecule has 0 atom stereocenters. The lowest BCUT2D eigenvalue weighted by Gasteiger charge is -2.12. The summed E-state index contributed by atoms with van der Waals surface area (Å²) in [5, 5.41) is 0. The van der Waals surface area contributed by atoms with E-state index in [4.69, 9.17) is 20.2 Å². The average Bonchev–Trinajstić information content (AvgIpc) is 2.81. The van der Waals surface area contributed by atoms with Gasteiger partial charge in [0.05, 0.1) is 25.3 Å². The van der Waals surface area contributed by atoms with E-state index in [-0.39, 0.29) is 0 Å². The Morgan fingerprint density at radius 2 is 1.85 bits per heavy atom. The Kier molecular flexibility index (Phi) is 4.49. The van der Waals surface area contributed by atoms with Crippen LogP contribution in [0.25, 0.3) is 11.0 Å². The third-order valence-electron chi connectivity index (χ3n) is 3.39. The fourth-order valence-corrected chi connectivity index (χ4v) is 2.40. The van der Waals surface area contributed by atoms with Crippen molar-refractivity contribution in [3.8, 4) is 11.5 Å². The van der Waals surface area contributed by atoms with Gasteiger partial charge in [-0.1, -0.05) is 13.8 Å². The first-order valence-electron chi connectivity index (χ1n) is 6.94. The predicted molar refractivity (Wildman–Crippen MR) is 80.6 cm³/mol. The normalized spacial score (nSPS) is 11.3. The van der Waals surface area contributed by atoms with Gasteiger partial charge in [-0.15, -0.1) is 0 Å². The molecule has 110 valence electrons. The Hall–Kier alpha value is -1.75. The Morgan fingerprint density at radius 1 is 1.20 bits per heavy atom. The summed E-state index contributed by atoms with van der Waals surface area (Å²) in [7, 11) is 3.28. The highest BCUT2D eigenvalue weighted by Crippen LogP contribution is 2.33. The molecule has 0 amide bonds. The van der Waals surface area contributed by atoms with Gasteiger partial charge in [0.25, 0.3) is 0 Å². The van der Waals surface area contributed by atoms with Gasteiger partial charge in [0.1, 0.15) is 5.82 Å². The Balaban J connectivity index is 2.62. The molecule has 0 aliphatic heterocycles. The topological polar surface area (TPSA) is 62.3 Å². The molecule has 0 aliphatic carbocycles. The number of aromatic nitrogens is 2. The van der Waals surface area contributed by atoms with E-state index >= 15 is 0 Å². The second-order valence-corrected chi connectivity index (χ2v) is 5.11. The van der Waals surface area contributed by atoms with Crippen LogP contribution in [0.4, 0.5) is 0 Å². The lowest BCUT2D eigenvalue weighted by atomic mass is 10.2. The lowest BCUT2D eigenvalue weighted by Crippen LogP contribution is -2.09. The molecule has 20 heavy (non-hydrogen) atoms. The van der Waals surface area contributed by atoms with E-state index in [2.05, 4.69) is 18.4 Å². The van der Waals surface area contributed by atoms with Gasteiger partial charge in [0, 0.05) is 24.6 Å². The zero-order chi connectivity index (χ0) is 14.7. The molecule has 0 radical (unpaired) electrons. The molecule has 2 rings (SSSR count). The number of hydrogen-bond donors (Lipinski definition) is 1. The number of hydrogen-bond acceptors (Lipinski definition) is 4. The Labute approximate surface area is 119 Å². The van der Waals surface area contributed by atoms with Crippen LogP contribution in [0.2, 0.25) is 0 Å². The first-order valence-corrected chi connectivity index (χ1v) is 6.94. The van der Waals surface area contributed by atoms with Crippen molar-refractivity contribution in [2.45, 2.75) is 32.7 Å². The summed E-state index contributed by atoms with van der Waals surface area (Å²) in [5.74, 6) is 2.86. The Bertz CT molecular complexity index is 590. The van der Waals surface area contributed by atoms with Crippen molar-refractivity contribution in [3.63, 3.8) is 0 Å². The third kappa shape index (κ3) is 2.58. The highest BCUT2D eigenvalue weighted by atomic mass is 16.5. The number of methoxy groups -OCH3 is 2. The number of rotatable bonds is 6. The minimum absolute atomic E-state index is 0.358. The number of ether oxygens (including phenoxy) is 2. The molecule has 2 aromatic rings. The minimum atomic E-state index is 0.358. The molecular weight excluding hydrogens is 254 g/mol. The van der Waals surface area contributed by atoms with Gasteiger partial charge in [0.2, 0.25) is 0 Å². The maximum atomic E-state index is 5.64. The number of imidazole rings is 1. The van der Waals surface area contributed by atoms with Crippen molar-refractivity contribution < 1.29 is 9.47 Å². The van der Waals surface area contributed by atoms with Crippen LogP contribution in [0.5, 0.6) is 11.5 Å². The van der Waals surface area contributed by atoms with Crippen molar-refractivity contribution in [1.29, 1.82) is 0 Å². The molecule has 0 saturated heterocycles. The van der Waals surface area contributed by atoms with Gasteiger partial charge < -0.3 is 19.8 Å². The van der Waals surface area contributed by atoms with Crippen molar-refractivity contribution in [2.75, 3.05) is 20.8 Å². The maximum absolute atomic E-state index is 5.64. The second kappa shape index (κ2) is 6.13. The molecule has 0 spiro atoms. The fourth-order valence-electron chi connectivity index (χ4n) is 2.40. The first kappa shape index (κ1) is 14.7. The summed E-state index contributed by atoms with van der Waals surface area (Å²) in [5.41, 5.74) is 7.64. The quantitative estimate of drug-likeness (QED) is 0.881. The standard InChI is InChI=1S/C15H23N3O2/c1-10(2)15-17-11-8-13(19-3)14(20-4)9-12(11)18(15)7-5-6-16/h8-10H,5-7,16H2,1-4H3. The van der Waals surface area contributed by atoms with Gasteiger partial charge in [-0.3, -0.25) is 0 Å². The average molecular weight is 277 g/mol. The van der Waals surface area contributed by atoms with Crippen LogP contribution < -0.4 is 15.2 Å². The highest BCUT2D eigenvalue weighted by Gasteiger charge is 2.16. The van der Waals surface area contributed by atoms with Crippen LogP contribution >= 0.6 is 0 Å². The SMILES string of the molecule is COc1cc2nc(C(C)C)n(CCCN)c2cc1OC. The largest absolute Gasteiger partial charge is 0.493 e. The van der Waals surface area contributed by atoms with Crippen LogP contribution in [0.15, 0.2) is 12.1 Å². The van der Waals surface area contributed by atoms with Crippen LogP contribution in [-0.2, 0) is 6.54 Å². The van der Waals surface area contributed by atoms with Crippen LogP contribution in [0.1, 0.15) is 32.0 Å². The van der Waals surface area contributed by atoms with Crippen LogP contribution in [0.3, 0.4) is 0 Å². The molecule has 5 heteroatoms. The zero-order valence-electron chi connectivity index (χ0n) is 12.6. The predicted octanol–water partition coefficient (Wildman–Crippen LogP) is 2.53. The van der Waals surface area contributed by atoms with E-state index in [0.717, 1.165) is 35.6 Å². The third-order valence-corrected chi connectivity index (χ3v) is 3.39. The molecule has 1 heterocycles.